The average molecular weight is 454 g/mol. The Morgan fingerprint density at radius 2 is 1.94 bits per heavy atom. The van der Waals surface area contributed by atoms with Gasteiger partial charge in [0.25, 0.3) is 6.17 Å². The van der Waals surface area contributed by atoms with Crippen molar-refractivity contribution in [1.82, 2.24) is 10.1 Å². The van der Waals surface area contributed by atoms with Crippen LogP contribution in [0.5, 0.6) is 0 Å². The number of thioether (sulfide) groups is 2. The summed E-state index contributed by atoms with van der Waals surface area (Å²) in [5.41, 5.74) is 2.58. The lowest BCUT2D eigenvalue weighted by Crippen LogP contribution is -2.60. The molecule has 2 aromatic carbocycles. The van der Waals surface area contributed by atoms with E-state index >= 15 is 0 Å². The molecule has 1 atom stereocenters. The molecule has 0 fully saturated rings. The molecule has 2 heterocycles. The number of rotatable bonds is 6. The summed E-state index contributed by atoms with van der Waals surface area (Å²) < 4.78 is 1.71. The molecule has 1 aliphatic heterocycles. The Balaban J connectivity index is 1.94. The van der Waals surface area contributed by atoms with Crippen molar-refractivity contribution in [3.63, 3.8) is 0 Å². The second-order valence-electron chi connectivity index (χ2n) is 7.31. The third-order valence-electron chi connectivity index (χ3n) is 5.25. The maximum atomic E-state index is 13.2. The number of anilines is 1. The molecule has 8 heteroatoms. The van der Waals surface area contributed by atoms with Gasteiger partial charge in [-0.2, -0.15) is 0 Å². The van der Waals surface area contributed by atoms with Crippen LogP contribution in [0.15, 0.2) is 63.4 Å². The number of hydrogen-bond donors (Lipinski definition) is 1. The zero-order valence-electron chi connectivity index (χ0n) is 17.8. The number of benzene rings is 2. The summed E-state index contributed by atoms with van der Waals surface area (Å²) in [6.45, 7) is 3.68. The zero-order chi connectivity index (χ0) is 22.0. The second-order valence-corrected chi connectivity index (χ2v) is 9.27. The molecular formula is C23H25N4O2S2+. The number of nitrogens with zero attached hydrogens (tertiary/aromatic N) is 3. The number of carbonyl (C=O) groups is 1. The Bertz CT molecular complexity index is 1160. The van der Waals surface area contributed by atoms with Gasteiger partial charge in [-0.05, 0) is 53.8 Å². The normalized spacial score (nSPS) is 14.8. The molecule has 6 nitrogen and oxygen atoms in total. The molecule has 1 aromatic heterocycles. The van der Waals surface area contributed by atoms with Gasteiger partial charge >= 0.3 is 11.3 Å². The Hall–Kier alpha value is -2.58. The number of H-pyrrole nitrogens is 1. The lowest BCUT2D eigenvalue weighted by molar-refractivity contribution is -0.763. The van der Waals surface area contributed by atoms with Gasteiger partial charge in [0.05, 0.1) is 11.3 Å². The van der Waals surface area contributed by atoms with Crippen molar-refractivity contribution in [3.05, 3.63) is 64.4 Å². The Morgan fingerprint density at radius 3 is 2.61 bits per heavy atom. The lowest BCUT2D eigenvalue weighted by Gasteiger charge is -2.31. The van der Waals surface area contributed by atoms with Gasteiger partial charge in [-0.3, -0.25) is 14.6 Å². The van der Waals surface area contributed by atoms with Gasteiger partial charge in [-0.25, -0.2) is 4.90 Å². The summed E-state index contributed by atoms with van der Waals surface area (Å²) in [7, 11) is 0. The molecule has 3 aromatic rings. The third-order valence-corrected chi connectivity index (χ3v) is 6.94. The fourth-order valence-electron chi connectivity index (χ4n) is 3.77. The highest BCUT2D eigenvalue weighted by molar-refractivity contribution is 7.99. The quantitative estimate of drug-likeness (QED) is 0.343. The maximum absolute atomic E-state index is 13.2. The van der Waals surface area contributed by atoms with E-state index < -0.39 is 6.17 Å². The monoisotopic (exact) mass is 453 g/mol. The van der Waals surface area contributed by atoms with Gasteiger partial charge in [-0.1, -0.05) is 37.2 Å². The van der Waals surface area contributed by atoms with Crippen molar-refractivity contribution < 1.29 is 9.48 Å². The largest absolute Gasteiger partial charge is 0.325 e. The van der Waals surface area contributed by atoms with Crippen molar-refractivity contribution in [3.8, 4) is 11.3 Å². The van der Waals surface area contributed by atoms with E-state index in [1.165, 1.54) is 11.8 Å². The molecule has 0 bridgehead atoms. The molecule has 1 N–H and O–H groups in total. The van der Waals surface area contributed by atoms with Crippen molar-refractivity contribution >= 4 is 35.1 Å². The van der Waals surface area contributed by atoms with Crippen molar-refractivity contribution in [1.29, 1.82) is 0 Å². The van der Waals surface area contributed by atoms with E-state index in [-0.39, 0.29) is 11.5 Å². The van der Waals surface area contributed by atoms with Gasteiger partial charge in [0, 0.05) is 28.2 Å². The minimum atomic E-state index is -0.536. The van der Waals surface area contributed by atoms with E-state index in [4.69, 9.17) is 5.10 Å². The zero-order valence-corrected chi connectivity index (χ0v) is 19.4. The molecule has 31 heavy (non-hydrogen) atoms. The van der Waals surface area contributed by atoms with Crippen LogP contribution in [0.25, 0.3) is 11.3 Å². The smallest absolute Gasteiger partial charge is 0.291 e. The third kappa shape index (κ3) is 4.14. The van der Waals surface area contributed by atoms with E-state index in [9.17, 15) is 9.59 Å². The first-order chi connectivity index (χ1) is 15.0. The first-order valence-electron chi connectivity index (χ1n) is 10.3. The Labute approximate surface area is 190 Å². The summed E-state index contributed by atoms with van der Waals surface area (Å²) in [6, 6.07) is 15.6. The number of nitrogens with one attached hydrogen (secondary N) is 1. The average Bonchev–Trinajstić information content (AvgIpc) is 2.78. The van der Waals surface area contributed by atoms with Crippen LogP contribution in [-0.4, -0.2) is 28.0 Å². The molecule has 0 saturated heterocycles. The van der Waals surface area contributed by atoms with E-state index in [0.29, 0.717) is 22.1 Å². The number of aromatic nitrogens is 3. The summed E-state index contributed by atoms with van der Waals surface area (Å²) in [5, 5.41) is 5.37. The highest BCUT2D eigenvalue weighted by Gasteiger charge is 2.44. The molecule has 1 amide bonds. The number of hydrogen-bond acceptors (Lipinski definition) is 5. The molecule has 0 unspecified atom stereocenters. The van der Waals surface area contributed by atoms with Crippen LogP contribution in [0, 0.1) is 0 Å². The SMILES string of the molecule is CCCCSc1n[n+]2c(c(=O)[nH]1)-c1ccccc1N(C(C)=O)[C@@H]2c1ccc(SC)cc1. The molecule has 160 valence electrons. The summed E-state index contributed by atoms with van der Waals surface area (Å²) in [4.78, 5) is 31.8. The second kappa shape index (κ2) is 9.28. The van der Waals surface area contributed by atoms with Crippen LogP contribution < -0.4 is 15.1 Å². The molecule has 0 radical (unpaired) electrons. The number of unbranched alkanes of at least 4 members (excludes halogenated alkanes) is 1. The van der Waals surface area contributed by atoms with Gasteiger partial charge in [0.2, 0.25) is 11.1 Å². The van der Waals surface area contributed by atoms with Crippen molar-refractivity contribution in [2.75, 3.05) is 16.9 Å². The Morgan fingerprint density at radius 1 is 1.19 bits per heavy atom. The lowest BCUT2D eigenvalue weighted by atomic mass is 10.0. The molecule has 0 saturated carbocycles. The fourth-order valence-corrected chi connectivity index (χ4v) is 5.11. The van der Waals surface area contributed by atoms with Gasteiger partial charge in [0.15, 0.2) is 0 Å². The summed E-state index contributed by atoms with van der Waals surface area (Å²) >= 11 is 3.19. The van der Waals surface area contributed by atoms with Crippen molar-refractivity contribution in [2.45, 2.75) is 42.9 Å². The first kappa shape index (κ1) is 21.6. The maximum Gasteiger partial charge on any atom is 0.325 e. The number of aromatic amines is 1. The van der Waals surface area contributed by atoms with Crippen LogP contribution in [0.1, 0.15) is 38.4 Å². The van der Waals surface area contributed by atoms with E-state index in [2.05, 4.69) is 11.9 Å². The van der Waals surface area contributed by atoms with Gasteiger partial charge in [0.1, 0.15) is 0 Å². The minimum absolute atomic E-state index is 0.105. The highest BCUT2D eigenvalue weighted by Crippen LogP contribution is 2.37. The number of para-hydroxylation sites is 1. The number of amides is 1. The topological polar surface area (TPSA) is 69.9 Å². The van der Waals surface area contributed by atoms with Crippen molar-refractivity contribution in [2.24, 2.45) is 0 Å². The van der Waals surface area contributed by atoms with E-state index in [1.54, 1.807) is 28.3 Å². The first-order valence-corrected chi connectivity index (χ1v) is 12.5. The Kier molecular flexibility index (Phi) is 6.48. The van der Waals surface area contributed by atoms with Crippen LogP contribution in [0.2, 0.25) is 0 Å². The molecule has 1 aliphatic rings. The fraction of sp³-hybridized carbons (Fsp3) is 0.304. The summed E-state index contributed by atoms with van der Waals surface area (Å²) in [6.07, 6.45) is 3.60. The summed E-state index contributed by atoms with van der Waals surface area (Å²) in [5.74, 6) is 0.769. The van der Waals surface area contributed by atoms with Crippen LogP contribution in [0.4, 0.5) is 5.69 Å². The predicted molar refractivity (Wildman–Crippen MR) is 126 cm³/mol. The van der Waals surface area contributed by atoms with E-state index in [0.717, 1.165) is 29.1 Å². The van der Waals surface area contributed by atoms with Crippen LogP contribution >= 0.6 is 23.5 Å². The molecule has 4 rings (SSSR count). The van der Waals surface area contributed by atoms with Crippen LogP contribution in [0.3, 0.4) is 0 Å². The predicted octanol–water partition coefficient (Wildman–Crippen LogP) is 4.25. The number of fused-ring (bicyclic) bond motifs is 3. The van der Waals surface area contributed by atoms with Gasteiger partial charge in [-0.15, -0.1) is 11.8 Å². The van der Waals surface area contributed by atoms with Crippen LogP contribution in [-0.2, 0) is 4.79 Å². The molecule has 0 spiro atoms. The minimum Gasteiger partial charge on any atom is -0.291 e. The van der Waals surface area contributed by atoms with E-state index in [1.807, 2.05) is 54.8 Å². The molecular weight excluding hydrogens is 428 g/mol. The molecule has 0 aliphatic carbocycles. The highest BCUT2D eigenvalue weighted by atomic mass is 32.2. The standard InChI is InChI=1S/C23H24N4O2S2/c1-4-5-14-31-23-24-21(29)20-18-8-6-7-9-19(18)26(15(2)28)22(27(20)25-23)16-10-12-17(30-3)13-11-16/h6-13,22H,4-5,14H2,1-3H3/p+1/t22-/m0/s1. The van der Waals surface area contributed by atoms with Gasteiger partial charge < -0.3 is 0 Å². The number of carbonyl (C=O) groups excluding carboxylic acids is 1.